The third-order valence-corrected chi connectivity index (χ3v) is 12.6. The van der Waals surface area contributed by atoms with E-state index in [4.69, 9.17) is 0 Å². The molecule has 1 nitrogen and oxygen atoms in total. The van der Waals surface area contributed by atoms with Crippen LogP contribution in [-0.4, -0.2) is 5.25 Å². The molecule has 0 N–H and O–H groups in total. The van der Waals surface area contributed by atoms with Crippen molar-refractivity contribution in [3.63, 3.8) is 0 Å². The summed E-state index contributed by atoms with van der Waals surface area (Å²) in [6.45, 7) is 15.2. The lowest BCUT2D eigenvalue weighted by molar-refractivity contribution is -0.126. The Bertz CT molecular complexity index is 666. The van der Waals surface area contributed by atoms with Gasteiger partial charge >= 0.3 is 0 Å². The molecule has 0 radical (unpaired) electrons. The van der Waals surface area contributed by atoms with Gasteiger partial charge in [0.2, 0.25) is 0 Å². The normalized spacial score (nSPS) is 47.9. The highest BCUT2D eigenvalue weighted by Crippen LogP contribution is 2.69. The number of thioether (sulfide) groups is 1. The maximum atomic E-state index is 9.28. The average Bonchev–Trinajstić information content (AvgIpc) is 3.07. The third-order valence-electron chi connectivity index (χ3n) is 11.5. The molecule has 0 spiro atoms. The van der Waals surface area contributed by atoms with Crippen LogP contribution in [0.3, 0.4) is 0 Å². The van der Waals surface area contributed by atoms with Crippen LogP contribution in [0.5, 0.6) is 0 Å². The van der Waals surface area contributed by atoms with Gasteiger partial charge in [-0.3, -0.25) is 0 Å². The van der Waals surface area contributed by atoms with E-state index in [0.29, 0.717) is 16.1 Å². The number of nitrogens with zero attached hydrogens (tertiary/aromatic N) is 1. The monoisotopic (exact) mass is 443 g/mol. The van der Waals surface area contributed by atoms with Crippen molar-refractivity contribution in [3.05, 3.63) is 0 Å². The smallest absolute Gasteiger partial charge is 0.133 e. The molecule has 0 saturated heterocycles. The van der Waals surface area contributed by atoms with Gasteiger partial charge in [0.25, 0.3) is 0 Å². The van der Waals surface area contributed by atoms with Gasteiger partial charge in [-0.1, -0.05) is 60.8 Å². The van der Waals surface area contributed by atoms with Gasteiger partial charge in [0.05, 0.1) is 0 Å². The van der Waals surface area contributed by atoms with E-state index in [2.05, 4.69) is 46.9 Å². The lowest BCUT2D eigenvalue weighted by Crippen LogP contribution is -2.56. The zero-order valence-corrected chi connectivity index (χ0v) is 22.1. The Morgan fingerprint density at radius 1 is 0.871 bits per heavy atom. The minimum atomic E-state index is 0.539. The largest absolute Gasteiger partial charge is 0.185 e. The van der Waals surface area contributed by atoms with Gasteiger partial charge in [0, 0.05) is 5.25 Å². The van der Waals surface area contributed by atoms with Gasteiger partial charge in [-0.05, 0) is 121 Å². The van der Waals surface area contributed by atoms with Crippen LogP contribution in [0.2, 0.25) is 0 Å². The summed E-state index contributed by atoms with van der Waals surface area (Å²) in [7, 11) is 0. The summed E-state index contributed by atoms with van der Waals surface area (Å²) in [5.74, 6) is 7.24. The van der Waals surface area contributed by atoms with Crippen molar-refractivity contribution in [1.82, 2.24) is 0 Å². The summed E-state index contributed by atoms with van der Waals surface area (Å²) in [6.07, 6.45) is 15.9. The lowest BCUT2D eigenvalue weighted by atomic mass is 9.43. The molecule has 4 aliphatic carbocycles. The molecule has 4 fully saturated rings. The second-order valence-electron chi connectivity index (χ2n) is 13.2. The predicted octanol–water partition coefficient (Wildman–Crippen LogP) is 8.94. The van der Waals surface area contributed by atoms with E-state index in [1.807, 2.05) is 0 Å². The Balaban J connectivity index is 1.47. The third kappa shape index (κ3) is 4.13. The highest BCUT2D eigenvalue weighted by Gasteiger charge is 2.61. The second-order valence-corrected chi connectivity index (χ2v) is 14.3. The minimum Gasteiger partial charge on any atom is -0.185 e. The van der Waals surface area contributed by atoms with Crippen LogP contribution in [0.15, 0.2) is 0 Å². The van der Waals surface area contributed by atoms with Crippen LogP contribution in [0.1, 0.15) is 112 Å². The standard InChI is InChI=1S/C29H49NS/c1-19(2)8-7-9-20(3)23-12-13-25-22-10-11-24-21(4)27(31-18-30)15-17-29(24,6)26(22)14-16-28(23,25)5/h19-27H,7-17H2,1-6H3/t20-,21+,22+,23-,24+,25+,26+,27-,28-,29+/m1/s1. The van der Waals surface area contributed by atoms with Crippen molar-refractivity contribution in [1.29, 1.82) is 5.26 Å². The Labute approximate surface area is 197 Å². The maximum Gasteiger partial charge on any atom is 0.133 e. The number of hydrogen-bond donors (Lipinski definition) is 0. The number of fused-ring (bicyclic) bond motifs is 5. The van der Waals surface area contributed by atoms with Crippen molar-refractivity contribution < 1.29 is 0 Å². The first kappa shape index (κ1) is 24.0. The van der Waals surface area contributed by atoms with Gasteiger partial charge < -0.3 is 0 Å². The Morgan fingerprint density at radius 2 is 1.55 bits per heavy atom. The lowest BCUT2D eigenvalue weighted by Gasteiger charge is -2.62. The predicted molar refractivity (Wildman–Crippen MR) is 135 cm³/mol. The van der Waals surface area contributed by atoms with Gasteiger partial charge in [-0.25, -0.2) is 0 Å². The summed E-state index contributed by atoms with van der Waals surface area (Å²) in [4.78, 5) is 0. The molecule has 0 amide bonds. The minimum absolute atomic E-state index is 0.539. The first-order chi connectivity index (χ1) is 14.7. The number of hydrogen-bond acceptors (Lipinski definition) is 2. The van der Waals surface area contributed by atoms with E-state index in [9.17, 15) is 5.26 Å². The molecule has 2 heteroatoms. The van der Waals surface area contributed by atoms with Crippen molar-refractivity contribution in [2.45, 2.75) is 117 Å². The van der Waals surface area contributed by atoms with Crippen molar-refractivity contribution in [2.75, 3.05) is 0 Å². The number of nitriles is 1. The van der Waals surface area contributed by atoms with E-state index >= 15 is 0 Å². The quantitative estimate of drug-likeness (QED) is 0.382. The molecule has 31 heavy (non-hydrogen) atoms. The average molecular weight is 444 g/mol. The van der Waals surface area contributed by atoms with E-state index in [1.54, 1.807) is 11.8 Å². The van der Waals surface area contributed by atoms with Gasteiger partial charge in [0.15, 0.2) is 0 Å². The molecule has 0 aromatic rings. The molecule has 4 rings (SSSR count). The van der Waals surface area contributed by atoms with Crippen molar-refractivity contribution in [3.8, 4) is 5.40 Å². The van der Waals surface area contributed by atoms with Gasteiger partial charge in [0.1, 0.15) is 5.40 Å². The summed E-state index contributed by atoms with van der Waals surface area (Å²) in [6, 6.07) is 0. The molecule has 10 atom stereocenters. The Morgan fingerprint density at radius 3 is 2.26 bits per heavy atom. The molecule has 0 bridgehead atoms. The van der Waals surface area contributed by atoms with E-state index in [1.165, 1.54) is 70.6 Å². The second kappa shape index (κ2) is 9.24. The SMILES string of the molecule is CC(C)CCC[C@@H](C)[C@H]1CC[C@H]2[C@@H]3CC[C@H]4[C@H](C)[C@H](SC#N)CC[C@]4(C)[C@H]3CC[C@]12C. The highest BCUT2D eigenvalue weighted by molar-refractivity contribution is 8.04. The molecular formula is C29H49NS. The number of thiocyanates is 1. The molecule has 0 heterocycles. The molecule has 4 aliphatic rings. The summed E-state index contributed by atoms with van der Waals surface area (Å²) >= 11 is 1.58. The van der Waals surface area contributed by atoms with Gasteiger partial charge in [-0.15, -0.1) is 0 Å². The Hall–Kier alpha value is -0.160. The summed E-state index contributed by atoms with van der Waals surface area (Å²) in [5, 5.41) is 12.3. The van der Waals surface area contributed by atoms with E-state index < -0.39 is 0 Å². The summed E-state index contributed by atoms with van der Waals surface area (Å²) in [5.41, 5.74) is 1.15. The van der Waals surface area contributed by atoms with Gasteiger partial charge in [-0.2, -0.15) is 5.26 Å². The first-order valence-electron chi connectivity index (χ1n) is 13.8. The molecule has 0 aromatic carbocycles. The fourth-order valence-electron chi connectivity index (χ4n) is 9.95. The Kier molecular flexibility index (Phi) is 7.14. The maximum absolute atomic E-state index is 9.28. The zero-order valence-electron chi connectivity index (χ0n) is 21.3. The molecule has 176 valence electrons. The first-order valence-corrected chi connectivity index (χ1v) is 14.6. The molecule has 4 saturated carbocycles. The summed E-state index contributed by atoms with van der Waals surface area (Å²) < 4.78 is 0. The van der Waals surface area contributed by atoms with E-state index in [-0.39, 0.29) is 0 Å². The van der Waals surface area contributed by atoms with Crippen LogP contribution >= 0.6 is 11.8 Å². The van der Waals surface area contributed by atoms with Crippen LogP contribution in [0.25, 0.3) is 0 Å². The van der Waals surface area contributed by atoms with E-state index in [0.717, 1.165) is 47.3 Å². The number of rotatable bonds is 6. The topological polar surface area (TPSA) is 23.8 Å². The van der Waals surface area contributed by atoms with Crippen LogP contribution in [-0.2, 0) is 0 Å². The van der Waals surface area contributed by atoms with Crippen LogP contribution in [0, 0.1) is 68.8 Å². The fourth-order valence-corrected chi connectivity index (χ4v) is 10.7. The molecular weight excluding hydrogens is 394 g/mol. The molecule has 0 aliphatic heterocycles. The molecule has 0 unspecified atom stereocenters. The highest BCUT2D eigenvalue weighted by atomic mass is 32.2. The molecule has 0 aromatic heterocycles. The van der Waals surface area contributed by atoms with Crippen LogP contribution in [0.4, 0.5) is 0 Å². The van der Waals surface area contributed by atoms with Crippen LogP contribution < -0.4 is 0 Å². The van der Waals surface area contributed by atoms with Crippen molar-refractivity contribution >= 4 is 11.8 Å². The zero-order chi connectivity index (χ0) is 22.4. The van der Waals surface area contributed by atoms with Crippen molar-refractivity contribution in [2.24, 2.45) is 58.2 Å². The fraction of sp³-hybridized carbons (Fsp3) is 0.966.